The Morgan fingerprint density at radius 2 is 2.11 bits per heavy atom. The van der Waals surface area contributed by atoms with Gasteiger partial charge in [-0.15, -0.1) is 0 Å². The number of halogens is 1. The van der Waals surface area contributed by atoms with Crippen LogP contribution in [-0.2, 0) is 20.0 Å². The van der Waals surface area contributed by atoms with Gasteiger partial charge >= 0.3 is 7.60 Å². The molecule has 3 N–H and O–H groups in total. The average Bonchev–Trinajstić information content (AvgIpc) is 2.59. The van der Waals surface area contributed by atoms with Gasteiger partial charge in [-0.1, -0.05) is 6.07 Å². The standard InChI is InChI=1S/C17H20FNO7P2/c1-11-7-13(24-2)8-14(18)15(11)16-25-27(3,21)17(20,28(22,23)26-16)9-12-5-4-6-19-10-12/h4-8,10,16,20-21H,3,9H2,1-2H3,(H,22,23). The Hall–Kier alpha value is -1.57. The number of rotatable bonds is 4. The van der Waals surface area contributed by atoms with Crippen molar-refractivity contribution in [1.82, 2.24) is 4.98 Å². The van der Waals surface area contributed by atoms with Crippen LogP contribution in [0.4, 0.5) is 4.39 Å². The molecule has 0 saturated carbocycles. The number of aryl methyl sites for hydroxylation is 1. The van der Waals surface area contributed by atoms with Crippen molar-refractivity contribution in [2.24, 2.45) is 0 Å². The molecular formula is C17H20FNO7P2. The fraction of sp³-hybridized carbons (Fsp3) is 0.294. The number of nitrogens with zero attached hydrogens (tertiary/aromatic N) is 1. The summed E-state index contributed by atoms with van der Waals surface area (Å²) in [6, 6.07) is 5.63. The Morgan fingerprint density at radius 3 is 2.64 bits per heavy atom. The van der Waals surface area contributed by atoms with Crippen LogP contribution in [0, 0.1) is 12.7 Å². The van der Waals surface area contributed by atoms with Gasteiger partial charge in [-0.2, -0.15) is 0 Å². The molecule has 1 aromatic carbocycles. The summed E-state index contributed by atoms with van der Waals surface area (Å²) in [5.41, 5.74) is 0.471. The van der Waals surface area contributed by atoms with E-state index in [0.717, 1.165) is 6.07 Å². The van der Waals surface area contributed by atoms with E-state index in [0.29, 0.717) is 11.1 Å². The second kappa shape index (κ2) is 7.35. The Bertz CT molecular complexity index is 936. The van der Waals surface area contributed by atoms with Crippen LogP contribution in [0.25, 0.3) is 0 Å². The average molecular weight is 431 g/mol. The van der Waals surface area contributed by atoms with E-state index in [1.807, 2.05) is 0 Å². The van der Waals surface area contributed by atoms with E-state index in [-0.39, 0.29) is 11.3 Å². The fourth-order valence-electron chi connectivity index (χ4n) is 2.92. The van der Waals surface area contributed by atoms with E-state index < -0.39 is 38.5 Å². The molecule has 28 heavy (non-hydrogen) atoms. The normalized spacial score (nSPS) is 32.9. The minimum absolute atomic E-state index is 0.194. The van der Waals surface area contributed by atoms with Crippen LogP contribution in [0.5, 0.6) is 5.75 Å². The third-order valence-electron chi connectivity index (χ3n) is 4.47. The minimum Gasteiger partial charge on any atom is -0.497 e. The number of aromatic nitrogens is 1. The van der Waals surface area contributed by atoms with E-state index in [9.17, 15) is 23.8 Å². The first-order valence-electron chi connectivity index (χ1n) is 8.12. The van der Waals surface area contributed by atoms with E-state index in [4.69, 9.17) is 13.8 Å². The molecule has 0 radical (unpaired) electrons. The van der Waals surface area contributed by atoms with Crippen LogP contribution in [0.3, 0.4) is 0 Å². The molecule has 0 aliphatic carbocycles. The summed E-state index contributed by atoms with van der Waals surface area (Å²) in [6.07, 6.45) is 4.08. The highest BCUT2D eigenvalue weighted by atomic mass is 31.2. The van der Waals surface area contributed by atoms with Crippen molar-refractivity contribution in [2.75, 3.05) is 7.11 Å². The number of pyridine rings is 1. The largest absolute Gasteiger partial charge is 0.497 e. The van der Waals surface area contributed by atoms with Gasteiger partial charge in [0.1, 0.15) is 11.6 Å². The molecular weight excluding hydrogens is 411 g/mol. The highest BCUT2D eigenvalue weighted by molar-refractivity contribution is 7.78. The quantitative estimate of drug-likeness (QED) is 0.633. The Labute approximate surface area is 161 Å². The van der Waals surface area contributed by atoms with Crippen LogP contribution in [0.2, 0.25) is 0 Å². The lowest BCUT2D eigenvalue weighted by Gasteiger charge is -2.45. The number of benzene rings is 1. The predicted molar refractivity (Wildman–Crippen MR) is 102 cm³/mol. The number of aliphatic hydroxyl groups is 1. The van der Waals surface area contributed by atoms with E-state index in [1.54, 1.807) is 12.1 Å². The van der Waals surface area contributed by atoms with Crippen LogP contribution in [-0.4, -0.2) is 38.4 Å². The van der Waals surface area contributed by atoms with Crippen molar-refractivity contribution in [3.63, 3.8) is 0 Å². The zero-order valence-corrected chi connectivity index (χ0v) is 16.9. The SMILES string of the molecule is C=P1(O)OC(c2c(C)cc(OC)cc2F)OP(=O)(O)C1(O)Cc1cccnc1. The zero-order valence-electron chi connectivity index (χ0n) is 15.1. The van der Waals surface area contributed by atoms with Crippen LogP contribution < -0.4 is 4.74 Å². The molecule has 0 spiro atoms. The third-order valence-corrected chi connectivity index (χ3v) is 9.52. The minimum atomic E-state index is -4.93. The molecule has 1 saturated heterocycles. The summed E-state index contributed by atoms with van der Waals surface area (Å²) < 4.78 is 42.9. The van der Waals surface area contributed by atoms with Crippen LogP contribution in [0.1, 0.15) is 23.0 Å². The number of hydrogen-bond acceptors (Lipinski definition) is 7. The first kappa shape index (κ1) is 21.1. The second-order valence-electron chi connectivity index (χ2n) is 6.42. The number of hydrogen-bond donors (Lipinski definition) is 3. The van der Waals surface area contributed by atoms with Crippen molar-refractivity contribution in [2.45, 2.75) is 24.7 Å². The molecule has 1 aliphatic rings. The summed E-state index contributed by atoms with van der Waals surface area (Å²) in [5, 5.41) is 8.20. The van der Waals surface area contributed by atoms with Gasteiger partial charge in [0.25, 0.3) is 0 Å². The first-order valence-corrected chi connectivity index (χ1v) is 11.5. The van der Waals surface area contributed by atoms with Crippen LogP contribution in [0.15, 0.2) is 36.7 Å². The monoisotopic (exact) mass is 431 g/mol. The van der Waals surface area contributed by atoms with E-state index in [2.05, 4.69) is 11.3 Å². The van der Waals surface area contributed by atoms with Gasteiger partial charge in [-0.3, -0.25) is 18.6 Å². The van der Waals surface area contributed by atoms with Gasteiger partial charge in [0.05, 0.1) is 7.11 Å². The van der Waals surface area contributed by atoms with Crippen molar-refractivity contribution in [3.8, 4) is 5.75 Å². The molecule has 8 nitrogen and oxygen atoms in total. The van der Waals surface area contributed by atoms with Gasteiger partial charge in [0, 0.05) is 30.4 Å². The molecule has 1 aromatic heterocycles. The lowest BCUT2D eigenvalue weighted by atomic mass is 10.1. The molecule has 2 heterocycles. The maximum Gasteiger partial charge on any atom is 0.371 e. The van der Waals surface area contributed by atoms with Gasteiger partial charge in [-0.05, 0) is 36.5 Å². The Morgan fingerprint density at radius 1 is 1.39 bits per heavy atom. The summed E-state index contributed by atoms with van der Waals surface area (Å²) in [7, 11) is -7.75. The van der Waals surface area contributed by atoms with Crippen molar-refractivity contribution in [3.05, 3.63) is 59.2 Å². The number of ether oxygens (including phenoxy) is 1. The molecule has 0 bridgehead atoms. The molecule has 11 heteroatoms. The molecule has 1 aliphatic heterocycles. The summed E-state index contributed by atoms with van der Waals surface area (Å²) >= 11 is 0. The van der Waals surface area contributed by atoms with Gasteiger partial charge in [0.15, 0.2) is 7.34 Å². The second-order valence-corrected chi connectivity index (χ2v) is 11.1. The first-order chi connectivity index (χ1) is 13.0. The van der Waals surface area contributed by atoms with Crippen molar-refractivity contribution >= 4 is 21.2 Å². The molecule has 4 atom stereocenters. The molecule has 0 amide bonds. The summed E-state index contributed by atoms with van der Waals surface area (Å²) in [6.45, 7) is 1.52. The Balaban J connectivity index is 2.02. The predicted octanol–water partition coefficient (Wildman–Crippen LogP) is 2.93. The number of methoxy groups -OCH3 is 1. The van der Waals surface area contributed by atoms with Gasteiger partial charge in [0.2, 0.25) is 11.4 Å². The topological polar surface area (TPSA) is 118 Å². The maximum atomic E-state index is 14.6. The summed E-state index contributed by atoms with van der Waals surface area (Å²) in [5.74, 6) is -0.589. The fourth-order valence-corrected chi connectivity index (χ4v) is 6.87. The third kappa shape index (κ3) is 3.55. The van der Waals surface area contributed by atoms with Gasteiger partial charge in [-0.25, -0.2) is 4.39 Å². The lowest BCUT2D eigenvalue weighted by molar-refractivity contribution is -0.0495. The lowest BCUT2D eigenvalue weighted by Crippen LogP contribution is -2.38. The summed E-state index contributed by atoms with van der Waals surface area (Å²) in [4.78, 5) is 25.1. The highest BCUT2D eigenvalue weighted by Crippen LogP contribution is 2.79. The maximum absolute atomic E-state index is 14.6. The Kier molecular flexibility index (Phi) is 5.55. The molecule has 152 valence electrons. The van der Waals surface area contributed by atoms with E-state index in [1.165, 1.54) is 32.5 Å². The molecule has 1 fully saturated rings. The van der Waals surface area contributed by atoms with E-state index >= 15 is 0 Å². The van der Waals surface area contributed by atoms with Gasteiger partial charge < -0.3 is 19.6 Å². The molecule has 3 rings (SSSR count). The van der Waals surface area contributed by atoms with Crippen LogP contribution >= 0.6 is 14.9 Å². The van der Waals surface area contributed by atoms with Crippen molar-refractivity contribution in [1.29, 1.82) is 0 Å². The zero-order chi connectivity index (χ0) is 20.7. The molecule has 2 aromatic rings. The smallest absolute Gasteiger partial charge is 0.371 e. The highest BCUT2D eigenvalue weighted by Gasteiger charge is 2.62. The van der Waals surface area contributed by atoms with Crippen molar-refractivity contribution < 1.29 is 37.6 Å². The molecule has 4 unspecified atom stereocenters.